The van der Waals surface area contributed by atoms with Crippen molar-refractivity contribution in [3.63, 3.8) is 0 Å². The van der Waals surface area contributed by atoms with E-state index in [1.54, 1.807) is 36.5 Å². The Kier molecular flexibility index (Phi) is 4.91. The number of nitrogens with two attached hydrogens (primary N) is 2. The van der Waals surface area contributed by atoms with Crippen LogP contribution >= 0.6 is 11.6 Å². The molecular weight excluding hydrogens is 343 g/mol. The molecule has 0 saturated carbocycles. The summed E-state index contributed by atoms with van der Waals surface area (Å²) in [5, 5.41) is 0.0205. The molecule has 0 radical (unpaired) electrons. The third-order valence-electron chi connectivity index (χ3n) is 3.78. The highest BCUT2D eigenvalue weighted by molar-refractivity contribution is 6.31. The normalized spacial score (nSPS) is 15.5. The topological polar surface area (TPSA) is 76.9 Å². The van der Waals surface area contributed by atoms with E-state index in [2.05, 4.69) is 16.8 Å². The van der Waals surface area contributed by atoms with Gasteiger partial charge in [0.25, 0.3) is 0 Å². The van der Waals surface area contributed by atoms with Gasteiger partial charge in [-0.05, 0) is 30.3 Å². The van der Waals surface area contributed by atoms with Gasteiger partial charge in [-0.3, -0.25) is 0 Å². The van der Waals surface area contributed by atoms with Crippen molar-refractivity contribution < 1.29 is 9.13 Å². The first-order valence-electron chi connectivity index (χ1n) is 7.45. The summed E-state index contributed by atoms with van der Waals surface area (Å²) < 4.78 is 18.3. The number of aliphatic imine (C=N–C) groups is 1. The molecule has 2 aromatic carbocycles. The number of hydrogen-bond acceptors (Lipinski definition) is 5. The molecule has 1 aliphatic heterocycles. The summed E-state index contributed by atoms with van der Waals surface area (Å²) in [4.78, 5) is 6.11. The van der Waals surface area contributed by atoms with Gasteiger partial charge in [0.2, 0.25) is 0 Å². The molecule has 5 nitrogen and oxygen atoms in total. The molecule has 0 saturated heterocycles. The van der Waals surface area contributed by atoms with Crippen molar-refractivity contribution in [2.24, 2.45) is 10.7 Å². The molecule has 128 valence electrons. The molecule has 4 N–H and O–H groups in total. The van der Waals surface area contributed by atoms with E-state index < -0.39 is 12.0 Å². The number of hydrogen-bond donors (Lipinski definition) is 2. The van der Waals surface area contributed by atoms with Crippen LogP contribution in [0, 0.1) is 17.7 Å². The average Bonchev–Trinajstić information content (AvgIpc) is 2.59. The maximum absolute atomic E-state index is 13.4. The number of benzene rings is 2. The highest BCUT2D eigenvalue weighted by Gasteiger charge is 2.24. The van der Waals surface area contributed by atoms with Crippen LogP contribution in [0.4, 0.5) is 21.5 Å². The van der Waals surface area contributed by atoms with E-state index in [4.69, 9.17) is 27.8 Å². The largest absolute Gasteiger partial charge is 0.398 e. The Labute approximate surface area is 150 Å². The lowest BCUT2D eigenvalue weighted by atomic mass is 10.0. The molecule has 0 bridgehead atoms. The van der Waals surface area contributed by atoms with E-state index in [9.17, 15) is 4.39 Å². The maximum atomic E-state index is 13.4. The fraction of sp³-hybridized carbons (Fsp3) is 0.167. The number of rotatable bonds is 2. The minimum atomic E-state index is -0.530. The Morgan fingerprint density at radius 1 is 1.36 bits per heavy atom. The lowest BCUT2D eigenvalue weighted by Crippen LogP contribution is -2.35. The minimum absolute atomic E-state index is 0.0205. The predicted octanol–water partition coefficient (Wildman–Crippen LogP) is 3.20. The number of fused-ring (bicyclic) bond motifs is 1. The lowest BCUT2D eigenvalue weighted by molar-refractivity contribution is 0.240. The van der Waals surface area contributed by atoms with E-state index in [0.717, 1.165) is 5.56 Å². The summed E-state index contributed by atoms with van der Waals surface area (Å²) in [5.74, 6) is 5.32. The van der Waals surface area contributed by atoms with Crippen LogP contribution < -0.4 is 16.4 Å². The average molecular weight is 359 g/mol. The Bertz CT molecular complexity index is 904. The van der Waals surface area contributed by atoms with Crippen molar-refractivity contribution in [2.75, 3.05) is 24.4 Å². The monoisotopic (exact) mass is 358 g/mol. The highest BCUT2D eigenvalue weighted by Crippen LogP contribution is 2.36. The lowest BCUT2D eigenvalue weighted by Gasteiger charge is -2.31. The van der Waals surface area contributed by atoms with Crippen molar-refractivity contribution in [3.8, 4) is 11.8 Å². The van der Waals surface area contributed by atoms with Crippen molar-refractivity contribution in [3.05, 3.63) is 52.3 Å². The number of nitrogens with zero attached hydrogens (tertiary/aromatic N) is 2. The zero-order valence-corrected chi connectivity index (χ0v) is 14.2. The van der Waals surface area contributed by atoms with E-state index in [1.165, 1.54) is 12.1 Å². The van der Waals surface area contributed by atoms with E-state index in [-0.39, 0.29) is 5.02 Å². The summed E-state index contributed by atoms with van der Waals surface area (Å²) in [7, 11) is 1.57. The molecule has 1 aliphatic rings. The zero-order valence-electron chi connectivity index (χ0n) is 13.5. The van der Waals surface area contributed by atoms with Gasteiger partial charge in [0.05, 0.1) is 17.0 Å². The van der Waals surface area contributed by atoms with Gasteiger partial charge in [-0.1, -0.05) is 23.4 Å². The molecule has 25 heavy (non-hydrogen) atoms. The van der Waals surface area contributed by atoms with Crippen LogP contribution in [0.1, 0.15) is 17.3 Å². The SMILES string of the molecule is COCC#Cc1cc2c(cc1N)C(N)N(c1ccc(F)c(Cl)c1)C=N2. The third kappa shape index (κ3) is 3.44. The molecular formula is C18H16ClFN4O. The number of halogens is 2. The smallest absolute Gasteiger partial charge is 0.141 e. The molecule has 3 rings (SSSR count). The van der Waals surface area contributed by atoms with Gasteiger partial charge in [0.1, 0.15) is 18.6 Å². The van der Waals surface area contributed by atoms with Crippen LogP contribution in [0.2, 0.25) is 5.02 Å². The molecule has 0 spiro atoms. The maximum Gasteiger partial charge on any atom is 0.141 e. The molecule has 1 atom stereocenters. The van der Waals surface area contributed by atoms with Crippen LogP contribution in [0.25, 0.3) is 0 Å². The Morgan fingerprint density at radius 3 is 2.88 bits per heavy atom. The second-order valence-electron chi connectivity index (χ2n) is 5.43. The Balaban J connectivity index is 1.96. The third-order valence-corrected chi connectivity index (χ3v) is 4.07. The zero-order chi connectivity index (χ0) is 18.0. The summed E-state index contributed by atoms with van der Waals surface area (Å²) in [6.07, 6.45) is 1.05. The molecule has 0 aromatic heterocycles. The molecule has 0 amide bonds. The summed E-state index contributed by atoms with van der Waals surface area (Å²) in [6, 6.07) is 7.93. The van der Waals surface area contributed by atoms with E-state index >= 15 is 0 Å². The highest BCUT2D eigenvalue weighted by atomic mass is 35.5. The van der Waals surface area contributed by atoms with Crippen molar-refractivity contribution in [2.45, 2.75) is 6.17 Å². The van der Waals surface area contributed by atoms with Crippen LogP contribution in [-0.4, -0.2) is 20.1 Å². The summed E-state index contributed by atoms with van der Waals surface area (Å²) >= 11 is 5.86. The Morgan fingerprint density at radius 2 is 2.16 bits per heavy atom. The molecule has 7 heteroatoms. The molecule has 0 fully saturated rings. The van der Waals surface area contributed by atoms with E-state index in [1.807, 2.05) is 0 Å². The van der Waals surface area contributed by atoms with Gasteiger partial charge in [-0.2, -0.15) is 0 Å². The number of nitrogen functional groups attached to an aromatic ring is 1. The minimum Gasteiger partial charge on any atom is -0.398 e. The van der Waals surface area contributed by atoms with Crippen LogP contribution in [0.3, 0.4) is 0 Å². The van der Waals surface area contributed by atoms with Crippen molar-refractivity contribution in [1.29, 1.82) is 0 Å². The van der Waals surface area contributed by atoms with Crippen LogP contribution in [-0.2, 0) is 4.74 Å². The quantitative estimate of drug-likeness (QED) is 0.638. The fourth-order valence-corrected chi connectivity index (χ4v) is 2.68. The first-order valence-corrected chi connectivity index (χ1v) is 7.83. The first kappa shape index (κ1) is 17.2. The standard InChI is InChI=1S/C18H16ClFN4O/c1-25-6-2-3-11-7-17-13(9-16(11)21)18(22)24(10-23-17)12-4-5-15(20)14(19)8-12/h4-5,7-10,18H,6,21-22H2,1H3. The summed E-state index contributed by atoms with van der Waals surface area (Å²) in [5.41, 5.74) is 15.7. The number of methoxy groups -OCH3 is 1. The van der Waals surface area contributed by atoms with Gasteiger partial charge < -0.3 is 21.1 Å². The van der Waals surface area contributed by atoms with Gasteiger partial charge in [0.15, 0.2) is 0 Å². The van der Waals surface area contributed by atoms with Gasteiger partial charge in [0, 0.05) is 29.6 Å². The summed E-state index contributed by atoms with van der Waals surface area (Å²) in [6.45, 7) is 0.318. The van der Waals surface area contributed by atoms with E-state index in [0.29, 0.717) is 29.2 Å². The van der Waals surface area contributed by atoms with Gasteiger partial charge in [-0.15, -0.1) is 0 Å². The van der Waals surface area contributed by atoms with Crippen LogP contribution in [0.15, 0.2) is 35.3 Å². The Hall–Kier alpha value is -2.59. The fourth-order valence-electron chi connectivity index (χ4n) is 2.50. The molecule has 1 heterocycles. The second kappa shape index (κ2) is 7.11. The number of ether oxygens (including phenoxy) is 1. The molecule has 0 aliphatic carbocycles. The van der Waals surface area contributed by atoms with Crippen molar-refractivity contribution >= 4 is 35.0 Å². The number of anilines is 2. The van der Waals surface area contributed by atoms with Crippen LogP contribution in [0.5, 0.6) is 0 Å². The first-order chi connectivity index (χ1) is 12.0. The molecule has 2 aromatic rings. The van der Waals surface area contributed by atoms with Gasteiger partial charge in [-0.25, -0.2) is 9.38 Å². The molecule has 1 unspecified atom stereocenters. The van der Waals surface area contributed by atoms with Gasteiger partial charge >= 0.3 is 0 Å². The second-order valence-corrected chi connectivity index (χ2v) is 5.84. The predicted molar refractivity (Wildman–Crippen MR) is 98.6 cm³/mol. The van der Waals surface area contributed by atoms with Crippen molar-refractivity contribution in [1.82, 2.24) is 0 Å².